The number of rotatable bonds is 8. The van der Waals surface area contributed by atoms with E-state index >= 15 is 0 Å². The molecule has 0 aromatic rings. The molecule has 0 aliphatic heterocycles. The number of hydrogen-bond acceptors (Lipinski definition) is 2. The standard InChI is InChI=1S/C16H36N2/c1-10-16(18(14(6)7)15(8)9)11-17(12(2)3)13(4)5/h12-16H,10-11H2,1-9H3. The summed E-state index contributed by atoms with van der Waals surface area (Å²) in [5.74, 6) is 0. The first-order valence-corrected chi connectivity index (χ1v) is 7.75. The van der Waals surface area contributed by atoms with E-state index in [2.05, 4.69) is 72.1 Å². The van der Waals surface area contributed by atoms with E-state index in [-0.39, 0.29) is 0 Å². The van der Waals surface area contributed by atoms with Gasteiger partial charge in [0.1, 0.15) is 0 Å². The van der Waals surface area contributed by atoms with Gasteiger partial charge >= 0.3 is 0 Å². The second-order valence-electron chi connectivity index (χ2n) is 6.58. The SMILES string of the molecule is CCC(CN(C(C)C)C(C)C)N(C(C)C)C(C)C. The van der Waals surface area contributed by atoms with Gasteiger partial charge in [-0.1, -0.05) is 6.92 Å². The molecule has 0 fully saturated rings. The monoisotopic (exact) mass is 256 g/mol. The zero-order chi connectivity index (χ0) is 14.5. The van der Waals surface area contributed by atoms with E-state index in [0.29, 0.717) is 30.2 Å². The summed E-state index contributed by atoms with van der Waals surface area (Å²) < 4.78 is 0. The molecular formula is C16H36N2. The molecule has 2 nitrogen and oxygen atoms in total. The zero-order valence-corrected chi connectivity index (χ0v) is 14.2. The summed E-state index contributed by atoms with van der Waals surface area (Å²) in [7, 11) is 0. The van der Waals surface area contributed by atoms with Gasteiger partial charge in [-0.25, -0.2) is 0 Å². The Balaban J connectivity index is 4.84. The molecule has 0 rings (SSSR count). The van der Waals surface area contributed by atoms with E-state index in [9.17, 15) is 0 Å². The molecule has 0 saturated carbocycles. The Hall–Kier alpha value is -0.0800. The van der Waals surface area contributed by atoms with Gasteiger partial charge in [0.15, 0.2) is 0 Å². The minimum atomic E-state index is 0.621. The van der Waals surface area contributed by atoms with Crippen molar-refractivity contribution >= 4 is 0 Å². The van der Waals surface area contributed by atoms with E-state index in [1.54, 1.807) is 0 Å². The van der Waals surface area contributed by atoms with E-state index < -0.39 is 0 Å². The average Bonchev–Trinajstić information content (AvgIpc) is 2.21. The smallest absolute Gasteiger partial charge is 0.0226 e. The molecule has 0 amide bonds. The summed E-state index contributed by atoms with van der Waals surface area (Å²) in [6.07, 6.45) is 1.23. The fraction of sp³-hybridized carbons (Fsp3) is 1.00. The highest BCUT2D eigenvalue weighted by Gasteiger charge is 2.26. The van der Waals surface area contributed by atoms with Gasteiger partial charge in [0.25, 0.3) is 0 Å². The molecule has 0 saturated heterocycles. The van der Waals surface area contributed by atoms with Crippen molar-refractivity contribution in [3.63, 3.8) is 0 Å². The molecule has 1 atom stereocenters. The van der Waals surface area contributed by atoms with Crippen molar-refractivity contribution in [3.8, 4) is 0 Å². The molecule has 0 heterocycles. The molecule has 0 spiro atoms. The second kappa shape index (κ2) is 8.16. The third-order valence-corrected chi connectivity index (χ3v) is 3.83. The van der Waals surface area contributed by atoms with E-state index in [1.807, 2.05) is 0 Å². The lowest BCUT2D eigenvalue weighted by Gasteiger charge is -2.42. The van der Waals surface area contributed by atoms with Gasteiger partial charge in [-0.15, -0.1) is 0 Å². The molecule has 0 bridgehead atoms. The van der Waals surface area contributed by atoms with Crippen LogP contribution < -0.4 is 0 Å². The minimum absolute atomic E-state index is 0.621. The molecule has 0 N–H and O–H groups in total. The normalized spacial score (nSPS) is 14.8. The van der Waals surface area contributed by atoms with Crippen LogP contribution in [0.4, 0.5) is 0 Å². The van der Waals surface area contributed by atoms with Crippen LogP contribution in [0.15, 0.2) is 0 Å². The second-order valence-corrected chi connectivity index (χ2v) is 6.58. The molecule has 0 aliphatic rings. The average molecular weight is 256 g/mol. The quantitative estimate of drug-likeness (QED) is 0.647. The van der Waals surface area contributed by atoms with Crippen LogP contribution in [0.3, 0.4) is 0 Å². The lowest BCUT2D eigenvalue weighted by atomic mass is 10.1. The van der Waals surface area contributed by atoms with Gasteiger partial charge in [0.2, 0.25) is 0 Å². The predicted octanol–water partition coefficient (Wildman–Crippen LogP) is 4.00. The molecule has 0 radical (unpaired) electrons. The summed E-state index contributed by atoms with van der Waals surface area (Å²) >= 11 is 0. The maximum atomic E-state index is 2.66. The Kier molecular flexibility index (Phi) is 8.13. The van der Waals surface area contributed by atoms with Crippen LogP contribution in [0.1, 0.15) is 68.7 Å². The molecule has 18 heavy (non-hydrogen) atoms. The highest BCUT2D eigenvalue weighted by Crippen LogP contribution is 2.17. The third-order valence-electron chi connectivity index (χ3n) is 3.83. The maximum absolute atomic E-state index is 2.66. The van der Waals surface area contributed by atoms with Crippen LogP contribution >= 0.6 is 0 Å². The Morgan fingerprint density at radius 3 is 1.28 bits per heavy atom. The van der Waals surface area contributed by atoms with Gasteiger partial charge in [-0.05, 0) is 61.8 Å². The van der Waals surface area contributed by atoms with Crippen molar-refractivity contribution in [2.45, 2.75) is 98.9 Å². The fourth-order valence-corrected chi connectivity index (χ4v) is 3.14. The van der Waals surface area contributed by atoms with Gasteiger partial charge < -0.3 is 0 Å². The van der Waals surface area contributed by atoms with Crippen molar-refractivity contribution in [2.75, 3.05) is 6.54 Å². The number of hydrogen-bond donors (Lipinski definition) is 0. The summed E-state index contributed by atoms with van der Waals surface area (Å²) in [5, 5.41) is 0. The molecule has 110 valence electrons. The summed E-state index contributed by atoms with van der Waals surface area (Å²) in [5.41, 5.74) is 0. The van der Waals surface area contributed by atoms with Crippen LogP contribution in [0, 0.1) is 0 Å². The topological polar surface area (TPSA) is 6.48 Å². The van der Waals surface area contributed by atoms with Crippen LogP contribution in [0.25, 0.3) is 0 Å². The number of nitrogens with zero attached hydrogens (tertiary/aromatic N) is 2. The lowest BCUT2D eigenvalue weighted by molar-refractivity contribution is 0.0557. The van der Waals surface area contributed by atoms with Crippen molar-refractivity contribution in [1.29, 1.82) is 0 Å². The highest BCUT2D eigenvalue weighted by molar-refractivity contribution is 4.82. The fourth-order valence-electron chi connectivity index (χ4n) is 3.14. The van der Waals surface area contributed by atoms with Gasteiger partial charge in [-0.2, -0.15) is 0 Å². The largest absolute Gasteiger partial charge is 0.297 e. The lowest BCUT2D eigenvalue weighted by Crippen LogP contribution is -2.52. The van der Waals surface area contributed by atoms with E-state index in [4.69, 9.17) is 0 Å². The Bertz CT molecular complexity index is 193. The van der Waals surface area contributed by atoms with Crippen LogP contribution in [0.5, 0.6) is 0 Å². The Morgan fingerprint density at radius 1 is 0.667 bits per heavy atom. The third kappa shape index (κ3) is 5.27. The van der Waals surface area contributed by atoms with Crippen molar-refractivity contribution < 1.29 is 0 Å². The molecule has 2 heteroatoms. The van der Waals surface area contributed by atoms with E-state index in [1.165, 1.54) is 13.0 Å². The Morgan fingerprint density at radius 2 is 1.06 bits per heavy atom. The van der Waals surface area contributed by atoms with Gasteiger partial charge in [0.05, 0.1) is 0 Å². The van der Waals surface area contributed by atoms with Crippen LogP contribution in [-0.4, -0.2) is 46.6 Å². The zero-order valence-electron chi connectivity index (χ0n) is 14.2. The highest BCUT2D eigenvalue weighted by atomic mass is 15.3. The van der Waals surface area contributed by atoms with Crippen LogP contribution in [-0.2, 0) is 0 Å². The first-order chi connectivity index (χ1) is 8.22. The predicted molar refractivity (Wildman–Crippen MR) is 83.2 cm³/mol. The molecular weight excluding hydrogens is 220 g/mol. The maximum Gasteiger partial charge on any atom is 0.0226 e. The van der Waals surface area contributed by atoms with Crippen molar-refractivity contribution in [1.82, 2.24) is 9.80 Å². The summed E-state index contributed by atoms with van der Waals surface area (Å²) in [6.45, 7) is 22.0. The minimum Gasteiger partial charge on any atom is -0.297 e. The Labute approximate surface area is 116 Å². The van der Waals surface area contributed by atoms with Gasteiger partial charge in [-0.3, -0.25) is 9.80 Å². The molecule has 0 aromatic carbocycles. The molecule has 0 aromatic heterocycles. The van der Waals surface area contributed by atoms with Crippen LogP contribution in [0.2, 0.25) is 0 Å². The summed E-state index contributed by atoms with van der Waals surface area (Å²) in [4.78, 5) is 5.28. The van der Waals surface area contributed by atoms with E-state index in [0.717, 1.165) is 0 Å². The first kappa shape index (κ1) is 17.9. The van der Waals surface area contributed by atoms with Crippen molar-refractivity contribution in [2.24, 2.45) is 0 Å². The van der Waals surface area contributed by atoms with Crippen molar-refractivity contribution in [3.05, 3.63) is 0 Å². The molecule has 1 unspecified atom stereocenters. The molecule has 0 aliphatic carbocycles. The first-order valence-electron chi connectivity index (χ1n) is 7.75. The summed E-state index contributed by atoms with van der Waals surface area (Å²) in [6, 6.07) is 3.16. The van der Waals surface area contributed by atoms with Gasteiger partial charge in [0, 0.05) is 36.8 Å².